The fraction of sp³-hybridized carbons (Fsp3) is 0.314. The first-order valence-electron chi connectivity index (χ1n) is 22.0. The number of nitrogens with one attached hydrogen (secondary N) is 3. The zero-order valence-electron chi connectivity index (χ0n) is 38.7. The molecule has 0 fully saturated rings. The van der Waals surface area contributed by atoms with Crippen LogP contribution in [0, 0.1) is 6.92 Å². The highest BCUT2D eigenvalue weighted by Crippen LogP contribution is 2.38. The number of rotatable bonds is 20. The van der Waals surface area contributed by atoms with Gasteiger partial charge in [0.1, 0.15) is 11.5 Å². The normalized spacial score (nSPS) is 12.5. The van der Waals surface area contributed by atoms with Gasteiger partial charge in [-0.3, -0.25) is 14.6 Å². The molecule has 0 spiro atoms. The van der Waals surface area contributed by atoms with E-state index in [1.54, 1.807) is 49.4 Å². The Labute approximate surface area is 388 Å². The van der Waals surface area contributed by atoms with Crippen LogP contribution < -0.4 is 26.4 Å². The van der Waals surface area contributed by atoms with Gasteiger partial charge in [0, 0.05) is 46.7 Å². The molecule has 0 aliphatic heterocycles. The molecule has 1 aromatic heterocycles. The molecule has 0 unspecified atom stereocenters. The number of aliphatic hydroxyl groups excluding tert-OH is 1. The second-order valence-corrected chi connectivity index (χ2v) is 24.8. The summed E-state index contributed by atoms with van der Waals surface area (Å²) in [6, 6.07) is 28.7. The van der Waals surface area contributed by atoms with Crippen LogP contribution in [0.2, 0.25) is 18.1 Å². The van der Waals surface area contributed by atoms with Crippen molar-refractivity contribution in [3.63, 3.8) is 0 Å². The number of aryl methyl sites for hydroxylation is 2. The molecule has 7 N–H and O–H groups in total. The van der Waals surface area contributed by atoms with Crippen molar-refractivity contribution in [3.8, 4) is 11.5 Å². The number of hydrogen-bond donors (Lipinski definition) is 6. The summed E-state index contributed by atoms with van der Waals surface area (Å²) in [5.41, 5.74) is 11.0. The summed E-state index contributed by atoms with van der Waals surface area (Å²) in [5.74, 6) is -0.462. The van der Waals surface area contributed by atoms with Crippen LogP contribution >= 0.6 is 0 Å². The summed E-state index contributed by atoms with van der Waals surface area (Å²) in [6.07, 6.45) is 4.40. The molecule has 0 saturated heterocycles. The Morgan fingerprint density at radius 1 is 0.879 bits per heavy atom. The van der Waals surface area contributed by atoms with Gasteiger partial charge in [-0.2, -0.15) is 0 Å². The molecule has 15 heteroatoms. The number of primary amides is 1. The van der Waals surface area contributed by atoms with E-state index in [2.05, 4.69) is 54.8 Å². The third kappa shape index (κ3) is 12.0. The molecule has 66 heavy (non-hydrogen) atoms. The maximum absolute atomic E-state index is 14.2. The first-order chi connectivity index (χ1) is 31.3. The molecule has 6 rings (SSSR count). The van der Waals surface area contributed by atoms with E-state index in [0.29, 0.717) is 58.0 Å². The lowest BCUT2D eigenvalue weighted by atomic mass is 10.0. The lowest BCUT2D eigenvalue weighted by molar-refractivity contribution is 0.0998. The number of pyridine rings is 1. The number of aromatic nitrogens is 1. The minimum Gasteiger partial charge on any atom is -0.508 e. The number of fused-ring (bicyclic) bond motifs is 1. The maximum atomic E-state index is 14.2. The molecule has 5 aromatic carbocycles. The quantitative estimate of drug-likeness (QED) is 0.0314. The van der Waals surface area contributed by atoms with E-state index in [1.807, 2.05) is 30.3 Å². The van der Waals surface area contributed by atoms with Crippen molar-refractivity contribution in [2.75, 3.05) is 30.8 Å². The number of phenolic OH excluding ortho intramolecular Hbond substituents is 1. The number of aromatic hydroxyl groups is 1. The van der Waals surface area contributed by atoms with Crippen molar-refractivity contribution < 1.29 is 37.4 Å². The zero-order valence-corrected chi connectivity index (χ0v) is 40.5. The van der Waals surface area contributed by atoms with Gasteiger partial charge < -0.3 is 41.1 Å². The summed E-state index contributed by atoms with van der Waals surface area (Å²) in [7, 11) is -4.62. The number of anilines is 3. The van der Waals surface area contributed by atoms with E-state index >= 15 is 0 Å². The highest BCUT2D eigenvalue weighted by Gasteiger charge is 2.37. The summed E-state index contributed by atoms with van der Waals surface area (Å²) in [5, 5.41) is 31.1. The highest BCUT2D eigenvalue weighted by molar-refractivity contribution is 7.91. The van der Waals surface area contributed by atoms with Gasteiger partial charge in [-0.05, 0) is 134 Å². The van der Waals surface area contributed by atoms with Crippen LogP contribution in [0.25, 0.3) is 10.9 Å². The minimum absolute atomic E-state index is 0.0455. The SMILES string of the molecule is COc1cccc(Nc2c(C(N)=O)cnc3c(C)cc(S(=O)(=O)c4cccc(C(=O)Nc5ccc(CCCCCNC[C@H](O)c6ccc(O)c(CO[Si](C)(C)C(C)(C)C)c6)cc5)c4)cc23)c1. The van der Waals surface area contributed by atoms with Crippen molar-refractivity contribution in [1.29, 1.82) is 0 Å². The molecular formula is C51H61N5O8SSi. The Bertz CT molecular complexity index is 2810. The Balaban J connectivity index is 1.01. The molecule has 348 valence electrons. The summed E-state index contributed by atoms with van der Waals surface area (Å²) >= 11 is 0. The molecule has 0 aliphatic rings. The van der Waals surface area contributed by atoms with Gasteiger partial charge >= 0.3 is 0 Å². The summed E-state index contributed by atoms with van der Waals surface area (Å²) < 4.78 is 40.0. The van der Waals surface area contributed by atoms with Gasteiger partial charge in [0.2, 0.25) is 9.84 Å². The van der Waals surface area contributed by atoms with Crippen LogP contribution in [0.5, 0.6) is 11.5 Å². The maximum Gasteiger partial charge on any atom is 0.255 e. The molecule has 1 heterocycles. The molecule has 6 aromatic rings. The van der Waals surface area contributed by atoms with E-state index < -0.39 is 36.1 Å². The van der Waals surface area contributed by atoms with Gasteiger partial charge in [-0.15, -0.1) is 0 Å². The molecule has 0 radical (unpaired) electrons. The summed E-state index contributed by atoms with van der Waals surface area (Å²) in [4.78, 5) is 30.3. The number of amides is 2. The van der Waals surface area contributed by atoms with Crippen LogP contribution in [0.1, 0.15) is 89.1 Å². The smallest absolute Gasteiger partial charge is 0.255 e. The van der Waals surface area contributed by atoms with Crippen molar-refractivity contribution >= 4 is 57.9 Å². The Hall–Kier alpha value is -6.10. The number of nitrogens with zero attached hydrogens (tertiary/aromatic N) is 1. The number of unbranched alkanes of at least 4 members (excludes halogenated alkanes) is 2. The monoisotopic (exact) mass is 931 g/mol. The minimum atomic E-state index is -4.16. The van der Waals surface area contributed by atoms with Gasteiger partial charge in [-0.1, -0.05) is 57.5 Å². The largest absolute Gasteiger partial charge is 0.508 e. The average molecular weight is 932 g/mol. The molecule has 0 bridgehead atoms. The van der Waals surface area contributed by atoms with E-state index in [1.165, 1.54) is 43.6 Å². The molecule has 1 atom stereocenters. The van der Waals surface area contributed by atoms with Crippen molar-refractivity contribution in [2.45, 2.75) is 94.0 Å². The van der Waals surface area contributed by atoms with Gasteiger partial charge in [0.15, 0.2) is 8.32 Å². The van der Waals surface area contributed by atoms with Crippen LogP contribution in [0.3, 0.4) is 0 Å². The van der Waals surface area contributed by atoms with Crippen molar-refractivity contribution in [3.05, 3.63) is 143 Å². The average Bonchev–Trinajstić information content (AvgIpc) is 3.28. The predicted octanol–water partition coefficient (Wildman–Crippen LogP) is 9.74. The molecule has 2 amide bonds. The first kappa shape index (κ1) is 49.3. The lowest BCUT2D eigenvalue weighted by Gasteiger charge is -2.36. The van der Waals surface area contributed by atoms with Gasteiger partial charge in [0.25, 0.3) is 11.8 Å². The highest BCUT2D eigenvalue weighted by atomic mass is 32.2. The number of methoxy groups -OCH3 is 1. The fourth-order valence-electron chi connectivity index (χ4n) is 7.18. The molecule has 0 aliphatic carbocycles. The standard InChI is InChI=1S/C51H61N5O8SSi/c1-33-25-42(29-43-47(33)54-30-44(49(52)59)48(43)55-39-15-12-16-40(28-39)63-5)65(61,62)41-17-11-14-36(27-41)50(60)56-38-21-18-34(19-22-38)13-9-8-10-24-53-31-46(58)35-20-23-45(57)37(26-35)32-64-66(6,7)51(2,3)4/h11-12,14-23,25-30,46,53,57-58H,8-10,13,24,31-32H2,1-7H3,(H2,52,59)(H,54,55)(H,56,60)/t46-/m0/s1. The lowest BCUT2D eigenvalue weighted by Crippen LogP contribution is -2.40. The van der Waals surface area contributed by atoms with E-state index in [4.69, 9.17) is 14.9 Å². The van der Waals surface area contributed by atoms with Crippen molar-refractivity contribution in [2.24, 2.45) is 5.73 Å². The zero-order chi connectivity index (χ0) is 47.8. The van der Waals surface area contributed by atoms with E-state index in [-0.39, 0.29) is 31.7 Å². The number of phenols is 1. The molecular weight excluding hydrogens is 871 g/mol. The third-order valence-corrected chi connectivity index (χ3v) is 18.4. The topological polar surface area (TPSA) is 202 Å². The predicted molar refractivity (Wildman–Crippen MR) is 263 cm³/mol. The number of benzene rings is 5. The second-order valence-electron chi connectivity index (χ2n) is 18.1. The number of aliphatic hydroxyl groups is 1. The number of carbonyl (C=O) groups is 2. The number of ether oxygens (including phenoxy) is 1. The van der Waals surface area contributed by atoms with Gasteiger partial charge in [-0.25, -0.2) is 8.42 Å². The van der Waals surface area contributed by atoms with Crippen LogP contribution in [0.4, 0.5) is 17.1 Å². The first-order valence-corrected chi connectivity index (χ1v) is 26.4. The number of nitrogens with two attached hydrogens (primary N) is 1. The number of hydrogen-bond acceptors (Lipinski definition) is 11. The van der Waals surface area contributed by atoms with Crippen molar-refractivity contribution in [1.82, 2.24) is 10.3 Å². The van der Waals surface area contributed by atoms with Crippen LogP contribution in [0.15, 0.2) is 119 Å². The van der Waals surface area contributed by atoms with E-state index in [0.717, 1.165) is 43.4 Å². The van der Waals surface area contributed by atoms with Crippen LogP contribution in [-0.4, -0.2) is 63.9 Å². The number of carbonyl (C=O) groups excluding carboxylic acids is 2. The van der Waals surface area contributed by atoms with E-state index in [9.17, 15) is 28.2 Å². The Morgan fingerprint density at radius 3 is 2.33 bits per heavy atom. The second kappa shape index (κ2) is 21.0. The number of sulfone groups is 1. The summed E-state index contributed by atoms with van der Waals surface area (Å²) in [6.45, 7) is 14.1. The third-order valence-electron chi connectivity index (χ3n) is 12.2. The van der Waals surface area contributed by atoms with Gasteiger partial charge in [0.05, 0.1) is 46.4 Å². The Morgan fingerprint density at radius 2 is 1.62 bits per heavy atom. The Kier molecular flexibility index (Phi) is 15.7. The fourth-order valence-corrected chi connectivity index (χ4v) is 9.55. The molecule has 13 nitrogen and oxygen atoms in total. The molecule has 0 saturated carbocycles. The van der Waals surface area contributed by atoms with Crippen LogP contribution in [-0.2, 0) is 27.3 Å².